The van der Waals surface area contributed by atoms with Gasteiger partial charge in [-0.2, -0.15) is 0 Å². The standard InChI is InChI=1S/C17H27Si4/c1-19(2,3)13-10-16(11-14-20(4,5)6)17(18)12-15-21(7,8)9/h1-9H3. The largest absolute Gasteiger partial charge is 0.129 e. The van der Waals surface area contributed by atoms with Crippen molar-refractivity contribution in [1.29, 1.82) is 0 Å². The fraction of sp³-hybridized carbons (Fsp3) is 0.529. The van der Waals surface area contributed by atoms with Crippen molar-refractivity contribution in [2.45, 2.75) is 58.9 Å². The second-order valence-corrected chi connectivity index (χ2v) is 23.0. The first-order valence-electron chi connectivity index (χ1n) is 7.25. The van der Waals surface area contributed by atoms with Gasteiger partial charge in [-0.05, 0) is 0 Å². The van der Waals surface area contributed by atoms with Crippen LogP contribution in [0.1, 0.15) is 0 Å². The van der Waals surface area contributed by atoms with E-state index < -0.39 is 24.2 Å². The molecule has 0 aliphatic carbocycles. The quantitative estimate of drug-likeness (QED) is 0.460. The maximum Gasteiger partial charge on any atom is 0.129 e. The summed E-state index contributed by atoms with van der Waals surface area (Å²) in [7, 11) is -0.573. The summed E-state index contributed by atoms with van der Waals surface area (Å²) in [6.07, 6.45) is 0. The summed E-state index contributed by atoms with van der Waals surface area (Å²) < 4.78 is 0. The van der Waals surface area contributed by atoms with Gasteiger partial charge in [-0.25, -0.2) is 0 Å². The monoisotopic (exact) mass is 343 g/mol. The van der Waals surface area contributed by atoms with Crippen LogP contribution in [-0.2, 0) is 0 Å². The first-order chi connectivity index (χ1) is 9.20. The van der Waals surface area contributed by atoms with E-state index in [0.29, 0.717) is 0 Å². The highest BCUT2D eigenvalue weighted by Gasteiger charge is 2.10. The molecule has 0 nitrogen and oxygen atoms in total. The molecule has 0 aromatic carbocycles. The van der Waals surface area contributed by atoms with Crippen LogP contribution < -0.4 is 0 Å². The van der Waals surface area contributed by atoms with E-state index in [1.54, 1.807) is 0 Å². The lowest BCUT2D eigenvalue weighted by Crippen LogP contribution is -2.17. The molecule has 0 amide bonds. The van der Waals surface area contributed by atoms with Gasteiger partial charge < -0.3 is 0 Å². The molecule has 0 N–H and O–H groups in total. The Balaban J connectivity index is 5.83. The molecule has 0 unspecified atom stereocenters. The smallest absolute Gasteiger partial charge is 0.127 e. The van der Waals surface area contributed by atoms with E-state index in [4.69, 9.17) is 0 Å². The van der Waals surface area contributed by atoms with Crippen LogP contribution in [0, 0.1) is 34.4 Å². The van der Waals surface area contributed by atoms with Crippen LogP contribution in [0.15, 0.2) is 10.8 Å². The van der Waals surface area contributed by atoms with Crippen molar-refractivity contribution in [3.05, 3.63) is 10.8 Å². The SMILES string of the molecule is C[Si](C)(C)C#CC([Si])=C(C#C[Si](C)(C)C)C#C[Si](C)(C)C. The normalized spacial score (nSPS) is 11.1. The van der Waals surface area contributed by atoms with Crippen molar-refractivity contribution >= 4 is 34.5 Å². The lowest BCUT2D eigenvalue weighted by molar-refractivity contribution is 1.77. The first-order valence-corrected chi connectivity index (χ1v) is 18.2. The predicted molar refractivity (Wildman–Crippen MR) is 106 cm³/mol. The topological polar surface area (TPSA) is 0 Å². The van der Waals surface area contributed by atoms with Gasteiger partial charge in [-0.1, -0.05) is 76.7 Å². The van der Waals surface area contributed by atoms with E-state index in [9.17, 15) is 0 Å². The van der Waals surface area contributed by atoms with Gasteiger partial charge in [-0.15, -0.1) is 16.6 Å². The molecular formula is C17H27Si4. The van der Waals surface area contributed by atoms with Crippen LogP contribution in [0.2, 0.25) is 58.9 Å². The minimum atomic E-state index is -1.41. The Morgan fingerprint density at radius 2 is 0.857 bits per heavy atom. The van der Waals surface area contributed by atoms with E-state index in [1.165, 1.54) is 0 Å². The Bertz CT molecular complexity index is 552. The maximum absolute atomic E-state index is 3.64. The first kappa shape index (κ1) is 20.3. The van der Waals surface area contributed by atoms with Crippen LogP contribution in [0.4, 0.5) is 0 Å². The molecule has 0 saturated carbocycles. The molecule has 0 bridgehead atoms. The molecule has 0 saturated heterocycles. The zero-order valence-electron chi connectivity index (χ0n) is 15.0. The average Bonchev–Trinajstić information content (AvgIpc) is 2.22. The zero-order valence-corrected chi connectivity index (χ0v) is 19.0. The van der Waals surface area contributed by atoms with E-state index in [-0.39, 0.29) is 0 Å². The minimum absolute atomic E-state index is 0.842. The van der Waals surface area contributed by atoms with Crippen molar-refractivity contribution in [3.63, 3.8) is 0 Å². The fourth-order valence-electron chi connectivity index (χ4n) is 0.969. The van der Waals surface area contributed by atoms with Crippen molar-refractivity contribution in [2.24, 2.45) is 0 Å². The van der Waals surface area contributed by atoms with Gasteiger partial charge in [0.1, 0.15) is 24.2 Å². The van der Waals surface area contributed by atoms with Crippen LogP contribution in [0.25, 0.3) is 0 Å². The van der Waals surface area contributed by atoms with Crippen molar-refractivity contribution in [2.75, 3.05) is 0 Å². The molecule has 0 rings (SSSR count). The maximum atomic E-state index is 3.64. The summed E-state index contributed by atoms with van der Waals surface area (Å²) in [4.78, 5) is 0. The highest BCUT2D eigenvalue weighted by molar-refractivity contribution is 6.84. The Morgan fingerprint density at radius 1 is 0.571 bits per heavy atom. The van der Waals surface area contributed by atoms with E-state index in [0.717, 1.165) is 10.8 Å². The summed E-state index contributed by atoms with van der Waals surface area (Å²) in [5, 5.41) is 0.842. The number of hydrogen-bond acceptors (Lipinski definition) is 0. The van der Waals surface area contributed by atoms with Gasteiger partial charge in [0.15, 0.2) is 0 Å². The van der Waals surface area contributed by atoms with Crippen molar-refractivity contribution < 1.29 is 0 Å². The third-order valence-corrected chi connectivity index (χ3v) is 4.94. The minimum Gasteiger partial charge on any atom is -0.127 e. The molecule has 0 fully saturated rings. The molecule has 0 spiro atoms. The molecule has 3 radical (unpaired) electrons. The summed E-state index contributed by atoms with van der Waals surface area (Å²) in [5.74, 6) is 9.77. The van der Waals surface area contributed by atoms with Gasteiger partial charge in [0.2, 0.25) is 0 Å². The van der Waals surface area contributed by atoms with Crippen LogP contribution >= 0.6 is 0 Å². The third kappa shape index (κ3) is 12.7. The Kier molecular flexibility index (Phi) is 7.26. The Morgan fingerprint density at radius 3 is 1.14 bits per heavy atom. The molecule has 111 valence electrons. The molecule has 0 aromatic rings. The molecule has 0 aliphatic heterocycles. The van der Waals surface area contributed by atoms with Gasteiger partial charge in [0.05, 0.1) is 15.8 Å². The molecule has 21 heavy (non-hydrogen) atoms. The van der Waals surface area contributed by atoms with E-state index in [1.807, 2.05) is 0 Å². The molecule has 4 heteroatoms. The molecular weight excluding hydrogens is 317 g/mol. The number of rotatable bonds is 0. The van der Waals surface area contributed by atoms with E-state index in [2.05, 4.69) is 104 Å². The summed E-state index contributed by atoms with van der Waals surface area (Å²) in [5.41, 5.74) is 11.0. The predicted octanol–water partition coefficient (Wildman–Crippen LogP) is 4.05. The van der Waals surface area contributed by atoms with Crippen LogP contribution in [0.3, 0.4) is 0 Å². The molecule has 0 heterocycles. The lowest BCUT2D eigenvalue weighted by Gasteiger charge is -2.06. The second-order valence-electron chi connectivity index (χ2n) is 8.25. The Hall–Kier alpha value is -0.712. The van der Waals surface area contributed by atoms with Gasteiger partial charge in [0.25, 0.3) is 0 Å². The highest BCUT2D eigenvalue weighted by Crippen LogP contribution is 2.05. The van der Waals surface area contributed by atoms with Crippen molar-refractivity contribution in [1.82, 2.24) is 0 Å². The number of allylic oxidation sites excluding steroid dienone is 2. The Labute approximate surface area is 138 Å². The number of hydrogen-bond donors (Lipinski definition) is 0. The fourth-order valence-corrected chi connectivity index (χ4v) is 2.78. The zero-order chi connectivity index (χ0) is 16.9. The van der Waals surface area contributed by atoms with Gasteiger partial charge in [-0.3, -0.25) is 0 Å². The van der Waals surface area contributed by atoms with Crippen LogP contribution in [-0.4, -0.2) is 34.5 Å². The lowest BCUT2D eigenvalue weighted by atomic mass is 10.3. The van der Waals surface area contributed by atoms with E-state index >= 15 is 0 Å². The summed E-state index contributed by atoms with van der Waals surface area (Å²) in [6, 6.07) is 0. The average molecular weight is 344 g/mol. The third-order valence-electron chi connectivity index (χ3n) is 1.94. The second kappa shape index (κ2) is 7.52. The van der Waals surface area contributed by atoms with Gasteiger partial charge in [0, 0.05) is 5.20 Å². The molecule has 0 atom stereocenters. The highest BCUT2D eigenvalue weighted by atomic mass is 28.3. The molecule has 0 aromatic heterocycles. The summed E-state index contributed by atoms with van der Waals surface area (Å²) >= 11 is 0. The molecule has 0 aliphatic rings. The van der Waals surface area contributed by atoms with Gasteiger partial charge >= 0.3 is 0 Å². The van der Waals surface area contributed by atoms with Crippen LogP contribution in [0.5, 0.6) is 0 Å². The van der Waals surface area contributed by atoms with Crippen molar-refractivity contribution in [3.8, 4) is 34.4 Å². The summed E-state index contributed by atoms with van der Waals surface area (Å²) in [6.45, 7) is 20.2.